The molecule has 0 amide bonds. The van der Waals surface area contributed by atoms with Crippen molar-refractivity contribution in [3.63, 3.8) is 0 Å². The molecule has 0 aliphatic carbocycles. The number of aromatic amines is 1. The van der Waals surface area contributed by atoms with E-state index in [1.165, 1.54) is 0 Å². The highest BCUT2D eigenvalue weighted by molar-refractivity contribution is 5.76. The van der Waals surface area contributed by atoms with E-state index in [0.717, 1.165) is 16.8 Å². The first-order valence-electron chi connectivity index (χ1n) is 4.53. The van der Waals surface area contributed by atoms with Crippen molar-refractivity contribution in [3.05, 3.63) is 24.2 Å². The number of pyridine rings is 1. The molecule has 78 valence electrons. The van der Waals surface area contributed by atoms with E-state index in [9.17, 15) is 0 Å². The van der Waals surface area contributed by atoms with Crippen molar-refractivity contribution in [2.24, 2.45) is 0 Å². The normalized spacial score (nSPS) is 10.3. The maximum Gasteiger partial charge on any atom is 0.168 e. The van der Waals surface area contributed by atoms with Crippen LogP contribution in [0.1, 0.15) is 5.69 Å². The number of nitrogens with one attached hydrogen (secondary N) is 1. The molecule has 0 radical (unpaired) electrons. The molecule has 5 heteroatoms. The van der Waals surface area contributed by atoms with Crippen molar-refractivity contribution < 1.29 is 4.74 Å². The average Bonchev–Trinajstić information content (AvgIpc) is 2.64. The second-order valence-electron chi connectivity index (χ2n) is 3.19. The zero-order valence-corrected chi connectivity index (χ0v) is 8.61. The van der Waals surface area contributed by atoms with Gasteiger partial charge in [-0.05, 0) is 13.0 Å². The number of ether oxygens (including phenoxy) is 1. The lowest BCUT2D eigenvalue weighted by Crippen LogP contribution is -1.97. The van der Waals surface area contributed by atoms with Crippen LogP contribution in [0.4, 0.5) is 5.82 Å². The molecule has 3 N–H and O–H groups in total. The van der Waals surface area contributed by atoms with Crippen molar-refractivity contribution in [1.82, 2.24) is 15.2 Å². The highest BCUT2D eigenvalue weighted by Gasteiger charge is 2.12. The van der Waals surface area contributed by atoms with Crippen LogP contribution in [0.3, 0.4) is 0 Å². The van der Waals surface area contributed by atoms with Gasteiger partial charge < -0.3 is 10.5 Å². The first kappa shape index (κ1) is 9.51. The Morgan fingerprint density at radius 2 is 2.20 bits per heavy atom. The van der Waals surface area contributed by atoms with E-state index in [4.69, 9.17) is 10.5 Å². The molecule has 2 rings (SSSR count). The van der Waals surface area contributed by atoms with Crippen LogP contribution < -0.4 is 10.5 Å². The van der Waals surface area contributed by atoms with E-state index in [0.29, 0.717) is 11.6 Å². The highest BCUT2D eigenvalue weighted by Crippen LogP contribution is 2.33. The Balaban J connectivity index is 2.63. The number of rotatable bonds is 2. The van der Waals surface area contributed by atoms with Gasteiger partial charge in [-0.15, -0.1) is 0 Å². The molecule has 2 aromatic rings. The fourth-order valence-corrected chi connectivity index (χ4v) is 1.51. The lowest BCUT2D eigenvalue weighted by atomic mass is 10.1. The van der Waals surface area contributed by atoms with E-state index in [1.807, 2.05) is 13.0 Å². The number of H-pyrrole nitrogens is 1. The molecular weight excluding hydrogens is 192 g/mol. The molecule has 0 unspecified atom stereocenters. The van der Waals surface area contributed by atoms with Crippen molar-refractivity contribution in [1.29, 1.82) is 0 Å². The van der Waals surface area contributed by atoms with Gasteiger partial charge in [-0.1, -0.05) is 0 Å². The molecule has 5 nitrogen and oxygen atoms in total. The topological polar surface area (TPSA) is 76.8 Å². The van der Waals surface area contributed by atoms with Gasteiger partial charge in [0.25, 0.3) is 0 Å². The van der Waals surface area contributed by atoms with Gasteiger partial charge >= 0.3 is 0 Å². The molecule has 2 aromatic heterocycles. The second-order valence-corrected chi connectivity index (χ2v) is 3.19. The van der Waals surface area contributed by atoms with E-state index >= 15 is 0 Å². The molecule has 0 aliphatic rings. The zero-order chi connectivity index (χ0) is 10.8. The van der Waals surface area contributed by atoms with Gasteiger partial charge in [-0.3, -0.25) is 5.10 Å². The SMILES string of the molecule is COc1c(-c2cn[nH]c2C)ccnc1N. The Hall–Kier alpha value is -2.04. The zero-order valence-electron chi connectivity index (χ0n) is 8.61. The van der Waals surface area contributed by atoms with E-state index in [2.05, 4.69) is 15.2 Å². The molecule has 0 saturated heterocycles. The molecular formula is C10H12N4O. The smallest absolute Gasteiger partial charge is 0.168 e. The molecule has 0 aliphatic heterocycles. The lowest BCUT2D eigenvalue weighted by molar-refractivity contribution is 0.417. The van der Waals surface area contributed by atoms with Crippen molar-refractivity contribution in [2.45, 2.75) is 6.92 Å². The largest absolute Gasteiger partial charge is 0.492 e. The first-order chi connectivity index (χ1) is 7.24. The van der Waals surface area contributed by atoms with Crippen molar-refractivity contribution >= 4 is 5.82 Å². The molecule has 0 saturated carbocycles. The van der Waals surface area contributed by atoms with Crippen LogP contribution in [0.2, 0.25) is 0 Å². The fourth-order valence-electron chi connectivity index (χ4n) is 1.51. The predicted octanol–water partition coefficient (Wildman–Crippen LogP) is 1.37. The third kappa shape index (κ3) is 1.52. The van der Waals surface area contributed by atoms with Crippen LogP contribution >= 0.6 is 0 Å². The maximum absolute atomic E-state index is 5.72. The monoisotopic (exact) mass is 204 g/mol. The van der Waals surface area contributed by atoms with Gasteiger partial charge in [-0.25, -0.2) is 4.98 Å². The fraction of sp³-hybridized carbons (Fsp3) is 0.200. The van der Waals surface area contributed by atoms with Gasteiger partial charge in [0, 0.05) is 23.0 Å². The third-order valence-corrected chi connectivity index (χ3v) is 2.26. The molecule has 2 heterocycles. The summed E-state index contributed by atoms with van der Waals surface area (Å²) in [5.74, 6) is 0.970. The lowest BCUT2D eigenvalue weighted by Gasteiger charge is -2.08. The summed E-state index contributed by atoms with van der Waals surface area (Å²) in [5, 5.41) is 6.83. The van der Waals surface area contributed by atoms with Crippen molar-refractivity contribution in [2.75, 3.05) is 12.8 Å². The third-order valence-electron chi connectivity index (χ3n) is 2.26. The first-order valence-corrected chi connectivity index (χ1v) is 4.53. The predicted molar refractivity (Wildman–Crippen MR) is 57.5 cm³/mol. The Labute approximate surface area is 87.3 Å². The van der Waals surface area contributed by atoms with Crippen LogP contribution in [0.25, 0.3) is 11.1 Å². The Bertz CT molecular complexity index is 478. The quantitative estimate of drug-likeness (QED) is 0.774. The Morgan fingerprint density at radius 1 is 1.40 bits per heavy atom. The number of aryl methyl sites for hydroxylation is 1. The number of nitrogens with two attached hydrogens (primary N) is 1. The average molecular weight is 204 g/mol. The van der Waals surface area contributed by atoms with Crippen LogP contribution in [0.15, 0.2) is 18.5 Å². The Kier molecular flexibility index (Phi) is 2.29. The summed E-state index contributed by atoms with van der Waals surface area (Å²) in [6.07, 6.45) is 3.40. The van der Waals surface area contributed by atoms with E-state index in [1.54, 1.807) is 19.5 Å². The maximum atomic E-state index is 5.72. The highest BCUT2D eigenvalue weighted by atomic mass is 16.5. The van der Waals surface area contributed by atoms with Gasteiger partial charge in [-0.2, -0.15) is 5.10 Å². The summed E-state index contributed by atoms with van der Waals surface area (Å²) in [4.78, 5) is 3.97. The number of hydrogen-bond acceptors (Lipinski definition) is 4. The van der Waals surface area contributed by atoms with Gasteiger partial charge in [0.2, 0.25) is 0 Å². The molecule has 0 spiro atoms. The molecule has 0 bridgehead atoms. The number of nitrogens with zero attached hydrogens (tertiary/aromatic N) is 2. The van der Waals surface area contributed by atoms with E-state index in [-0.39, 0.29) is 0 Å². The summed E-state index contributed by atoms with van der Waals surface area (Å²) < 4.78 is 5.23. The minimum Gasteiger partial charge on any atom is -0.492 e. The van der Waals surface area contributed by atoms with Gasteiger partial charge in [0.05, 0.1) is 13.3 Å². The van der Waals surface area contributed by atoms with Crippen LogP contribution in [0, 0.1) is 6.92 Å². The number of methoxy groups -OCH3 is 1. The van der Waals surface area contributed by atoms with Crippen LogP contribution in [-0.2, 0) is 0 Å². The summed E-state index contributed by atoms with van der Waals surface area (Å²) in [6, 6.07) is 1.85. The molecule has 0 fully saturated rings. The number of aromatic nitrogens is 3. The van der Waals surface area contributed by atoms with Crippen LogP contribution in [0.5, 0.6) is 5.75 Å². The molecule has 0 aromatic carbocycles. The summed E-state index contributed by atoms with van der Waals surface area (Å²) in [6.45, 7) is 1.94. The summed E-state index contributed by atoms with van der Waals surface area (Å²) >= 11 is 0. The van der Waals surface area contributed by atoms with Crippen molar-refractivity contribution in [3.8, 4) is 16.9 Å². The minimum absolute atomic E-state index is 0.385. The molecule has 0 atom stereocenters. The number of hydrogen-bond donors (Lipinski definition) is 2. The van der Waals surface area contributed by atoms with Crippen LogP contribution in [-0.4, -0.2) is 22.3 Å². The van der Waals surface area contributed by atoms with E-state index < -0.39 is 0 Å². The summed E-state index contributed by atoms with van der Waals surface area (Å²) in [7, 11) is 1.58. The number of anilines is 1. The molecule has 15 heavy (non-hydrogen) atoms. The van der Waals surface area contributed by atoms with Gasteiger partial charge in [0.1, 0.15) is 0 Å². The second kappa shape index (κ2) is 3.61. The Morgan fingerprint density at radius 3 is 2.80 bits per heavy atom. The number of nitrogen functional groups attached to an aromatic ring is 1. The summed E-state index contributed by atoms with van der Waals surface area (Å²) in [5.41, 5.74) is 8.56. The van der Waals surface area contributed by atoms with Gasteiger partial charge in [0.15, 0.2) is 11.6 Å². The standard InChI is InChI=1S/C10H12N4O/c1-6-8(5-13-14-6)7-3-4-12-10(11)9(7)15-2/h3-5H,1-2H3,(H2,11,12)(H,13,14). The minimum atomic E-state index is 0.385.